The van der Waals surface area contributed by atoms with Crippen LogP contribution >= 0.6 is 0 Å². The van der Waals surface area contributed by atoms with Crippen LogP contribution in [0.5, 0.6) is 5.75 Å². The number of rotatable bonds is 3. The second kappa shape index (κ2) is 4.72. The van der Waals surface area contributed by atoms with Gasteiger partial charge in [0.15, 0.2) is 11.6 Å². The van der Waals surface area contributed by atoms with Crippen molar-refractivity contribution in [3.63, 3.8) is 0 Å². The first-order valence-corrected chi connectivity index (χ1v) is 6.69. The van der Waals surface area contributed by atoms with E-state index >= 15 is 0 Å². The van der Waals surface area contributed by atoms with Gasteiger partial charge in [-0.15, -0.1) is 0 Å². The maximum Gasteiger partial charge on any atom is 0.165 e. The van der Waals surface area contributed by atoms with E-state index in [1.807, 2.05) is 0 Å². The Morgan fingerprint density at radius 3 is 2.85 bits per heavy atom. The van der Waals surface area contributed by atoms with E-state index in [1.54, 1.807) is 6.07 Å². The molecular weight excluding hydrogens is 261 g/mol. The number of fused-ring (bicyclic) bond motifs is 2. The van der Waals surface area contributed by atoms with Gasteiger partial charge in [0.2, 0.25) is 0 Å². The summed E-state index contributed by atoms with van der Waals surface area (Å²) in [6.45, 7) is 0. The average Bonchev–Trinajstić information content (AvgIpc) is 3.07. The fraction of sp³-hybridized carbons (Fsp3) is 0.533. The minimum atomic E-state index is -1.05. The summed E-state index contributed by atoms with van der Waals surface area (Å²) in [5.74, 6) is -0.419. The number of methoxy groups -OCH3 is 1. The molecule has 2 aliphatic heterocycles. The molecule has 0 spiro atoms. The van der Waals surface area contributed by atoms with Gasteiger partial charge in [0.25, 0.3) is 0 Å². The van der Waals surface area contributed by atoms with Crippen molar-refractivity contribution in [2.24, 2.45) is 5.41 Å². The summed E-state index contributed by atoms with van der Waals surface area (Å²) in [4.78, 5) is 0. The third-order valence-electron chi connectivity index (χ3n) is 4.44. The molecule has 3 rings (SSSR count). The van der Waals surface area contributed by atoms with Gasteiger partial charge in [-0.05, 0) is 37.0 Å². The van der Waals surface area contributed by atoms with E-state index in [1.165, 1.54) is 19.2 Å². The first-order chi connectivity index (χ1) is 9.60. The monoisotopic (exact) mass is 277 g/mol. The fourth-order valence-corrected chi connectivity index (χ4v) is 3.36. The zero-order chi connectivity index (χ0) is 14.3. The lowest BCUT2D eigenvalue weighted by molar-refractivity contribution is 0.00325. The summed E-state index contributed by atoms with van der Waals surface area (Å²) in [6, 6.07) is 6.52. The summed E-state index contributed by atoms with van der Waals surface area (Å²) in [7, 11) is 1.38. The lowest BCUT2D eigenvalue weighted by atomic mass is 9.69. The number of nitriles is 1. The Balaban J connectivity index is 1.94. The molecule has 106 valence electrons. The maximum absolute atomic E-state index is 13.8. The number of nitrogens with zero attached hydrogens (tertiary/aromatic N) is 1. The van der Waals surface area contributed by atoms with Crippen molar-refractivity contribution in [2.75, 3.05) is 7.11 Å². The van der Waals surface area contributed by atoms with Crippen LogP contribution < -0.4 is 4.74 Å². The van der Waals surface area contributed by atoms with Crippen LogP contribution in [0.15, 0.2) is 18.2 Å². The quantitative estimate of drug-likeness (QED) is 0.921. The minimum absolute atomic E-state index is 0.0393. The Bertz CT molecular complexity index is 571. The molecule has 0 aliphatic carbocycles. The number of aliphatic hydroxyl groups excluding tert-OH is 1. The van der Waals surface area contributed by atoms with Crippen molar-refractivity contribution < 1.29 is 19.0 Å². The molecule has 1 N–H and O–H groups in total. The zero-order valence-electron chi connectivity index (χ0n) is 11.2. The molecule has 2 aliphatic rings. The lowest BCUT2D eigenvalue weighted by Crippen LogP contribution is -2.37. The Labute approximate surface area is 116 Å². The van der Waals surface area contributed by atoms with E-state index in [2.05, 4.69) is 6.07 Å². The van der Waals surface area contributed by atoms with Crippen molar-refractivity contribution in [1.82, 2.24) is 0 Å². The first-order valence-electron chi connectivity index (χ1n) is 6.69. The molecule has 4 nitrogen and oxygen atoms in total. The van der Waals surface area contributed by atoms with Crippen LogP contribution in [0, 0.1) is 22.6 Å². The van der Waals surface area contributed by atoms with Gasteiger partial charge in [-0.1, -0.05) is 6.07 Å². The predicted octanol–water partition coefficient (Wildman–Crippen LogP) is 2.33. The Morgan fingerprint density at radius 2 is 2.35 bits per heavy atom. The maximum atomic E-state index is 13.8. The molecule has 0 radical (unpaired) electrons. The molecule has 2 fully saturated rings. The van der Waals surface area contributed by atoms with Gasteiger partial charge >= 0.3 is 0 Å². The van der Waals surface area contributed by atoms with Crippen molar-refractivity contribution in [3.05, 3.63) is 29.6 Å². The van der Waals surface area contributed by atoms with Gasteiger partial charge in [0, 0.05) is 0 Å². The molecule has 0 saturated carbocycles. The molecule has 1 aromatic carbocycles. The molecule has 4 atom stereocenters. The molecule has 0 aromatic heterocycles. The van der Waals surface area contributed by atoms with Crippen molar-refractivity contribution in [3.8, 4) is 11.8 Å². The van der Waals surface area contributed by atoms with Crippen LogP contribution in [0.3, 0.4) is 0 Å². The van der Waals surface area contributed by atoms with Crippen LogP contribution in [0.25, 0.3) is 0 Å². The topological polar surface area (TPSA) is 62.5 Å². The third kappa shape index (κ3) is 1.80. The Hall–Kier alpha value is -1.64. The lowest BCUT2D eigenvalue weighted by Gasteiger charge is -2.33. The normalized spacial score (nSPS) is 32.9. The van der Waals surface area contributed by atoms with Gasteiger partial charge in [0.1, 0.15) is 11.5 Å². The van der Waals surface area contributed by atoms with Gasteiger partial charge in [-0.25, -0.2) is 4.39 Å². The van der Waals surface area contributed by atoms with Crippen LogP contribution in [-0.4, -0.2) is 24.4 Å². The van der Waals surface area contributed by atoms with Crippen LogP contribution in [-0.2, 0) is 4.74 Å². The van der Waals surface area contributed by atoms with E-state index in [9.17, 15) is 14.8 Å². The van der Waals surface area contributed by atoms with E-state index < -0.39 is 17.3 Å². The Kier molecular flexibility index (Phi) is 3.15. The Morgan fingerprint density at radius 1 is 1.55 bits per heavy atom. The highest BCUT2D eigenvalue weighted by Crippen LogP contribution is 2.54. The fourth-order valence-electron chi connectivity index (χ4n) is 3.36. The summed E-state index contributed by atoms with van der Waals surface area (Å²) < 4.78 is 24.3. The third-order valence-corrected chi connectivity index (χ3v) is 4.44. The van der Waals surface area contributed by atoms with E-state index in [-0.39, 0.29) is 18.0 Å². The van der Waals surface area contributed by atoms with Gasteiger partial charge in [-0.3, -0.25) is 0 Å². The van der Waals surface area contributed by atoms with Gasteiger partial charge in [-0.2, -0.15) is 5.26 Å². The molecule has 2 saturated heterocycles. The van der Waals surface area contributed by atoms with E-state index in [0.717, 1.165) is 12.8 Å². The van der Waals surface area contributed by atoms with Crippen molar-refractivity contribution in [1.29, 1.82) is 5.26 Å². The molecule has 1 aromatic rings. The number of hydrogen-bond donors (Lipinski definition) is 1. The number of ether oxygens (including phenoxy) is 2. The predicted molar refractivity (Wildman–Crippen MR) is 68.5 cm³/mol. The average molecular weight is 277 g/mol. The highest BCUT2D eigenvalue weighted by Gasteiger charge is 2.57. The highest BCUT2D eigenvalue weighted by molar-refractivity contribution is 5.33. The van der Waals surface area contributed by atoms with Crippen LogP contribution in [0.1, 0.15) is 30.9 Å². The molecule has 2 bridgehead atoms. The number of benzene rings is 1. The van der Waals surface area contributed by atoms with E-state index in [4.69, 9.17) is 9.47 Å². The van der Waals surface area contributed by atoms with Crippen LogP contribution in [0.2, 0.25) is 0 Å². The van der Waals surface area contributed by atoms with Crippen molar-refractivity contribution >= 4 is 0 Å². The SMILES string of the molecule is COc1ccc(C(O)C2(C#N)CC3CCC2O3)cc1F. The summed E-state index contributed by atoms with van der Waals surface area (Å²) in [6.07, 6.45) is 0.924. The molecule has 5 heteroatoms. The standard InChI is InChI=1S/C15H16FNO3/c1-19-12-4-2-9(6-11(12)16)14(18)15(8-17)7-10-3-5-13(15)20-10/h2,4,6,10,13-14,18H,3,5,7H2,1H3. The minimum Gasteiger partial charge on any atom is -0.494 e. The smallest absolute Gasteiger partial charge is 0.165 e. The zero-order valence-corrected chi connectivity index (χ0v) is 11.2. The van der Waals surface area contributed by atoms with Gasteiger partial charge in [0.05, 0.1) is 25.4 Å². The number of aliphatic hydroxyl groups is 1. The first kappa shape index (κ1) is 13.3. The largest absolute Gasteiger partial charge is 0.494 e. The second-order valence-electron chi connectivity index (χ2n) is 5.48. The summed E-state index contributed by atoms with van der Waals surface area (Å²) in [5.41, 5.74) is -0.578. The summed E-state index contributed by atoms with van der Waals surface area (Å²) in [5, 5.41) is 20.1. The molecule has 2 heterocycles. The number of halogens is 1. The van der Waals surface area contributed by atoms with Gasteiger partial charge < -0.3 is 14.6 Å². The molecule has 4 unspecified atom stereocenters. The van der Waals surface area contributed by atoms with Crippen molar-refractivity contribution in [2.45, 2.75) is 37.6 Å². The molecule has 0 amide bonds. The summed E-state index contributed by atoms with van der Waals surface area (Å²) >= 11 is 0. The second-order valence-corrected chi connectivity index (χ2v) is 5.48. The highest BCUT2D eigenvalue weighted by atomic mass is 19.1. The molecule has 20 heavy (non-hydrogen) atoms. The molecular formula is C15H16FNO3. The van der Waals surface area contributed by atoms with E-state index in [0.29, 0.717) is 12.0 Å². The van der Waals surface area contributed by atoms with Crippen LogP contribution in [0.4, 0.5) is 4.39 Å². The number of hydrogen-bond acceptors (Lipinski definition) is 4.